The summed E-state index contributed by atoms with van der Waals surface area (Å²) in [5.41, 5.74) is -3.86. The summed E-state index contributed by atoms with van der Waals surface area (Å²) in [7, 11) is 0. The monoisotopic (exact) mass is 313 g/mol. The quantitative estimate of drug-likeness (QED) is 0.843. The van der Waals surface area contributed by atoms with Crippen LogP contribution >= 0.6 is 11.6 Å². The Morgan fingerprint density at radius 1 is 1.30 bits per heavy atom. The number of alkyl halides is 3. The number of carboxylic acid groups (broad SMARTS) is 1. The molecule has 1 unspecified atom stereocenters. The number of benzene rings is 1. The van der Waals surface area contributed by atoms with Gasteiger partial charge in [0.05, 0.1) is 5.02 Å². The van der Waals surface area contributed by atoms with Gasteiger partial charge in [-0.2, -0.15) is 13.2 Å². The third-order valence-electron chi connectivity index (χ3n) is 2.54. The van der Waals surface area contributed by atoms with Gasteiger partial charge in [0.2, 0.25) is 5.54 Å². The second kappa shape index (κ2) is 5.28. The number of carbonyl (C=O) groups is 2. The lowest BCUT2D eigenvalue weighted by molar-refractivity contribution is -0.203. The van der Waals surface area contributed by atoms with E-state index in [4.69, 9.17) is 16.7 Å². The lowest BCUT2D eigenvalue weighted by atomic mass is 10.0. The lowest BCUT2D eigenvalue weighted by Gasteiger charge is -2.28. The third-order valence-corrected chi connectivity index (χ3v) is 2.83. The van der Waals surface area contributed by atoms with E-state index in [-0.39, 0.29) is 0 Å². The smallest absolute Gasteiger partial charge is 0.422 e. The van der Waals surface area contributed by atoms with Crippen molar-refractivity contribution in [3.8, 4) is 0 Å². The van der Waals surface area contributed by atoms with E-state index >= 15 is 0 Å². The van der Waals surface area contributed by atoms with Crippen LogP contribution in [0.2, 0.25) is 5.02 Å². The van der Waals surface area contributed by atoms with E-state index in [2.05, 4.69) is 0 Å². The second-order valence-electron chi connectivity index (χ2n) is 4.01. The number of carboxylic acids is 1. The van der Waals surface area contributed by atoms with E-state index in [1.807, 2.05) is 0 Å². The molecule has 0 saturated carbocycles. The summed E-state index contributed by atoms with van der Waals surface area (Å²) in [5.74, 6) is -4.47. The Morgan fingerprint density at radius 2 is 1.85 bits per heavy atom. The van der Waals surface area contributed by atoms with E-state index < -0.39 is 40.0 Å². The van der Waals surface area contributed by atoms with Crippen molar-refractivity contribution >= 4 is 23.5 Å². The maximum Gasteiger partial charge on any atom is 0.422 e. The fourth-order valence-electron chi connectivity index (χ4n) is 1.18. The molecule has 4 nitrogen and oxygen atoms in total. The summed E-state index contributed by atoms with van der Waals surface area (Å²) in [5, 5.41) is 9.52. The van der Waals surface area contributed by atoms with Gasteiger partial charge >= 0.3 is 12.1 Å². The van der Waals surface area contributed by atoms with Gasteiger partial charge in [-0.15, -0.1) is 0 Å². The first-order valence-corrected chi connectivity index (χ1v) is 5.44. The van der Waals surface area contributed by atoms with Crippen LogP contribution in [0.25, 0.3) is 0 Å². The standard InChI is InChI=1S/C11H8ClF4NO3/c1-10(9(19)20,11(14,15)16)17-8(18)5-2-3-7(13)6(12)4-5/h2-4H,1H3,(H,17,18)(H,19,20). The van der Waals surface area contributed by atoms with Gasteiger partial charge in [-0.25, -0.2) is 9.18 Å². The molecule has 20 heavy (non-hydrogen) atoms. The predicted molar refractivity (Wildman–Crippen MR) is 61.0 cm³/mol. The van der Waals surface area contributed by atoms with Crippen LogP contribution in [-0.2, 0) is 4.79 Å². The van der Waals surface area contributed by atoms with Crippen LogP contribution in [0.15, 0.2) is 18.2 Å². The maximum atomic E-state index is 12.9. The molecule has 0 spiro atoms. The molecule has 1 amide bonds. The Bertz CT molecular complexity index is 561. The number of nitrogens with one attached hydrogen (secondary N) is 1. The zero-order chi connectivity index (χ0) is 15.7. The molecule has 2 N–H and O–H groups in total. The Labute approximate surface area is 115 Å². The molecule has 0 fully saturated rings. The molecule has 0 heterocycles. The zero-order valence-corrected chi connectivity index (χ0v) is 10.6. The molecule has 0 bridgehead atoms. The molecule has 1 aromatic carbocycles. The molecule has 110 valence electrons. The van der Waals surface area contributed by atoms with Crippen molar-refractivity contribution < 1.29 is 32.3 Å². The molecule has 0 aromatic heterocycles. The highest BCUT2D eigenvalue weighted by Gasteiger charge is 2.58. The number of hydrogen-bond acceptors (Lipinski definition) is 2. The number of hydrogen-bond donors (Lipinski definition) is 2. The summed E-state index contributed by atoms with van der Waals surface area (Å²) in [6.07, 6.45) is -5.21. The number of aliphatic carboxylic acids is 1. The molecule has 1 rings (SSSR count). The summed E-state index contributed by atoms with van der Waals surface area (Å²) in [4.78, 5) is 22.4. The molecular weight excluding hydrogens is 306 g/mol. The Hall–Kier alpha value is -1.83. The van der Waals surface area contributed by atoms with Crippen molar-refractivity contribution in [2.24, 2.45) is 0 Å². The van der Waals surface area contributed by atoms with Crippen LogP contribution in [0, 0.1) is 5.82 Å². The molecule has 9 heteroatoms. The van der Waals surface area contributed by atoms with Gasteiger partial charge in [0.1, 0.15) is 5.82 Å². The first-order valence-electron chi connectivity index (χ1n) is 5.06. The zero-order valence-electron chi connectivity index (χ0n) is 9.89. The van der Waals surface area contributed by atoms with Crippen LogP contribution in [0.5, 0.6) is 0 Å². The van der Waals surface area contributed by atoms with Crippen LogP contribution in [0.3, 0.4) is 0 Å². The van der Waals surface area contributed by atoms with Gasteiger partial charge in [-0.3, -0.25) is 4.79 Å². The molecule has 0 radical (unpaired) electrons. The van der Waals surface area contributed by atoms with Crippen molar-refractivity contribution in [2.75, 3.05) is 0 Å². The maximum absolute atomic E-state index is 12.9. The van der Waals surface area contributed by atoms with E-state index in [0.717, 1.165) is 18.2 Å². The molecule has 0 saturated heterocycles. The highest BCUT2D eigenvalue weighted by atomic mass is 35.5. The SMILES string of the molecule is CC(NC(=O)c1ccc(F)c(Cl)c1)(C(=O)O)C(F)(F)F. The van der Waals surface area contributed by atoms with Gasteiger partial charge in [-0.05, 0) is 25.1 Å². The van der Waals surface area contributed by atoms with E-state index in [0.29, 0.717) is 6.92 Å². The first-order chi connectivity index (χ1) is 8.99. The molecule has 0 aliphatic heterocycles. The summed E-state index contributed by atoms with van der Waals surface area (Å²) in [6.45, 7) is 0.304. The molecule has 0 aliphatic carbocycles. The van der Waals surface area contributed by atoms with E-state index in [9.17, 15) is 27.2 Å². The topological polar surface area (TPSA) is 66.4 Å². The number of halogens is 5. The molecule has 1 aromatic rings. The Balaban J connectivity index is 3.09. The highest BCUT2D eigenvalue weighted by molar-refractivity contribution is 6.31. The fraction of sp³-hybridized carbons (Fsp3) is 0.273. The average Bonchev–Trinajstić information content (AvgIpc) is 2.30. The largest absolute Gasteiger partial charge is 0.479 e. The van der Waals surface area contributed by atoms with Gasteiger partial charge in [0, 0.05) is 5.56 Å². The van der Waals surface area contributed by atoms with E-state index in [1.54, 1.807) is 0 Å². The normalized spacial score (nSPS) is 14.5. The number of rotatable bonds is 3. The fourth-order valence-corrected chi connectivity index (χ4v) is 1.36. The lowest BCUT2D eigenvalue weighted by Crippen LogP contribution is -2.61. The third kappa shape index (κ3) is 3.01. The van der Waals surface area contributed by atoms with Crippen molar-refractivity contribution in [2.45, 2.75) is 18.6 Å². The van der Waals surface area contributed by atoms with Gasteiger partial charge < -0.3 is 10.4 Å². The number of carbonyl (C=O) groups excluding carboxylic acids is 1. The van der Waals surface area contributed by atoms with Gasteiger partial charge in [-0.1, -0.05) is 11.6 Å². The minimum absolute atomic E-state index is 0.304. The van der Waals surface area contributed by atoms with Crippen molar-refractivity contribution in [1.29, 1.82) is 0 Å². The van der Waals surface area contributed by atoms with Crippen molar-refractivity contribution in [3.05, 3.63) is 34.6 Å². The van der Waals surface area contributed by atoms with Crippen molar-refractivity contribution in [1.82, 2.24) is 5.32 Å². The first kappa shape index (κ1) is 16.2. The Kier molecular flexibility index (Phi) is 4.28. The molecular formula is C11H8ClF4NO3. The van der Waals surface area contributed by atoms with E-state index in [1.165, 1.54) is 5.32 Å². The van der Waals surface area contributed by atoms with Crippen LogP contribution in [0.1, 0.15) is 17.3 Å². The average molecular weight is 314 g/mol. The predicted octanol–water partition coefficient (Wildman–Crippen LogP) is 2.61. The molecule has 1 atom stereocenters. The molecule has 0 aliphatic rings. The Morgan fingerprint density at radius 3 is 2.25 bits per heavy atom. The minimum atomic E-state index is -5.21. The summed E-state index contributed by atoms with van der Waals surface area (Å²) < 4.78 is 51.0. The number of amides is 1. The van der Waals surface area contributed by atoms with Crippen LogP contribution in [-0.4, -0.2) is 28.7 Å². The van der Waals surface area contributed by atoms with Crippen molar-refractivity contribution in [3.63, 3.8) is 0 Å². The summed E-state index contributed by atoms with van der Waals surface area (Å²) in [6, 6.07) is 2.46. The minimum Gasteiger partial charge on any atom is -0.479 e. The van der Waals surface area contributed by atoms with Gasteiger partial charge in [0.15, 0.2) is 0 Å². The van der Waals surface area contributed by atoms with Crippen LogP contribution in [0.4, 0.5) is 17.6 Å². The highest BCUT2D eigenvalue weighted by Crippen LogP contribution is 2.30. The van der Waals surface area contributed by atoms with Gasteiger partial charge in [0.25, 0.3) is 5.91 Å². The van der Waals surface area contributed by atoms with Crippen LogP contribution < -0.4 is 5.32 Å². The summed E-state index contributed by atoms with van der Waals surface area (Å²) >= 11 is 5.39. The second-order valence-corrected chi connectivity index (χ2v) is 4.42.